The summed E-state index contributed by atoms with van der Waals surface area (Å²) in [7, 11) is 1.61. The van der Waals surface area contributed by atoms with Crippen molar-refractivity contribution in [3.05, 3.63) is 29.8 Å². The zero-order valence-corrected chi connectivity index (χ0v) is 11.8. The first-order valence-corrected chi connectivity index (χ1v) is 6.65. The van der Waals surface area contributed by atoms with E-state index in [0.29, 0.717) is 16.9 Å². The number of hydrogen-bond acceptors (Lipinski definition) is 2. The van der Waals surface area contributed by atoms with E-state index in [1.54, 1.807) is 31.4 Å². The Labute approximate surface area is 111 Å². The molecule has 3 nitrogen and oxygen atoms in total. The van der Waals surface area contributed by atoms with Gasteiger partial charge in [-0.25, -0.2) is 0 Å². The Morgan fingerprint density at radius 3 is 2.59 bits per heavy atom. The third kappa shape index (κ3) is 4.77. The van der Waals surface area contributed by atoms with E-state index in [1.807, 2.05) is 0 Å². The highest BCUT2D eigenvalue weighted by Gasteiger charge is 2.06. The van der Waals surface area contributed by atoms with E-state index < -0.39 is 0 Å². The lowest BCUT2D eigenvalue weighted by molar-refractivity contribution is 0.0953. The average molecular weight is 300 g/mol. The van der Waals surface area contributed by atoms with Gasteiger partial charge < -0.3 is 10.1 Å². The number of ether oxygens (including phenoxy) is 1. The summed E-state index contributed by atoms with van der Waals surface area (Å²) in [5, 5.41) is 2.89. The third-order valence-corrected chi connectivity index (χ3v) is 3.64. The van der Waals surface area contributed by atoms with Crippen LogP contribution in [0.3, 0.4) is 0 Å². The minimum Gasteiger partial charge on any atom is -0.497 e. The van der Waals surface area contributed by atoms with E-state index in [0.717, 1.165) is 18.6 Å². The van der Waals surface area contributed by atoms with Crippen LogP contribution in [0.2, 0.25) is 0 Å². The van der Waals surface area contributed by atoms with E-state index in [2.05, 4.69) is 28.2 Å². The summed E-state index contributed by atoms with van der Waals surface area (Å²) in [6.07, 6.45) is 2.01. The number of amides is 1. The molecule has 1 aromatic rings. The first-order chi connectivity index (χ1) is 8.17. The fourth-order valence-corrected chi connectivity index (χ4v) is 1.62. The van der Waals surface area contributed by atoms with Gasteiger partial charge in [-0.2, -0.15) is 0 Å². The first kappa shape index (κ1) is 14.0. The molecule has 1 atom stereocenters. The van der Waals surface area contributed by atoms with E-state index in [-0.39, 0.29) is 5.91 Å². The zero-order chi connectivity index (χ0) is 12.7. The van der Waals surface area contributed by atoms with Crippen molar-refractivity contribution in [1.82, 2.24) is 5.32 Å². The maximum Gasteiger partial charge on any atom is 0.251 e. The van der Waals surface area contributed by atoms with Gasteiger partial charge in [0, 0.05) is 16.9 Å². The SMILES string of the molecule is CCC(Br)CCNC(=O)c1ccc(OC)cc1. The summed E-state index contributed by atoms with van der Waals surface area (Å²) < 4.78 is 5.04. The second-order valence-electron chi connectivity index (χ2n) is 3.78. The molecule has 1 aromatic carbocycles. The van der Waals surface area contributed by atoms with Crippen molar-refractivity contribution in [2.45, 2.75) is 24.6 Å². The Balaban J connectivity index is 2.41. The van der Waals surface area contributed by atoms with Gasteiger partial charge in [-0.1, -0.05) is 22.9 Å². The number of rotatable bonds is 6. The Bertz CT molecular complexity index is 351. The molecule has 1 unspecified atom stereocenters. The zero-order valence-electron chi connectivity index (χ0n) is 10.2. The van der Waals surface area contributed by atoms with Crippen molar-refractivity contribution in [3.63, 3.8) is 0 Å². The first-order valence-electron chi connectivity index (χ1n) is 5.73. The van der Waals surface area contributed by atoms with Gasteiger partial charge in [0.25, 0.3) is 5.91 Å². The van der Waals surface area contributed by atoms with Crippen LogP contribution in [0.15, 0.2) is 24.3 Å². The topological polar surface area (TPSA) is 38.3 Å². The van der Waals surface area contributed by atoms with E-state index in [4.69, 9.17) is 4.74 Å². The molecular weight excluding hydrogens is 282 g/mol. The molecule has 4 heteroatoms. The molecule has 1 N–H and O–H groups in total. The lowest BCUT2D eigenvalue weighted by Gasteiger charge is -2.08. The second-order valence-corrected chi connectivity index (χ2v) is 5.07. The normalized spacial score (nSPS) is 11.9. The molecule has 0 saturated heterocycles. The number of carbonyl (C=O) groups excluding carboxylic acids is 1. The highest BCUT2D eigenvalue weighted by atomic mass is 79.9. The molecular formula is C13H18BrNO2. The molecule has 17 heavy (non-hydrogen) atoms. The Morgan fingerprint density at radius 2 is 2.06 bits per heavy atom. The van der Waals surface area contributed by atoms with Crippen molar-refractivity contribution in [2.24, 2.45) is 0 Å². The third-order valence-electron chi connectivity index (χ3n) is 2.54. The fraction of sp³-hybridized carbons (Fsp3) is 0.462. The molecule has 0 aliphatic carbocycles. The molecule has 94 valence electrons. The van der Waals surface area contributed by atoms with Crippen molar-refractivity contribution >= 4 is 21.8 Å². The molecule has 0 heterocycles. The van der Waals surface area contributed by atoms with E-state index in [1.165, 1.54) is 0 Å². The van der Waals surface area contributed by atoms with Crippen molar-refractivity contribution in [3.8, 4) is 5.75 Å². The molecule has 0 aliphatic heterocycles. The van der Waals surface area contributed by atoms with Crippen LogP contribution in [0, 0.1) is 0 Å². The lowest BCUT2D eigenvalue weighted by Crippen LogP contribution is -2.25. The van der Waals surface area contributed by atoms with Gasteiger partial charge in [0.15, 0.2) is 0 Å². The van der Waals surface area contributed by atoms with Gasteiger partial charge in [0.05, 0.1) is 7.11 Å². The largest absolute Gasteiger partial charge is 0.497 e. The summed E-state index contributed by atoms with van der Waals surface area (Å²) >= 11 is 3.53. The maximum atomic E-state index is 11.7. The van der Waals surface area contributed by atoms with Crippen molar-refractivity contribution < 1.29 is 9.53 Å². The van der Waals surface area contributed by atoms with E-state index in [9.17, 15) is 4.79 Å². The van der Waals surface area contributed by atoms with Gasteiger partial charge in [0.2, 0.25) is 0 Å². The number of nitrogens with one attached hydrogen (secondary N) is 1. The van der Waals surface area contributed by atoms with Crippen LogP contribution in [0.4, 0.5) is 0 Å². The molecule has 0 spiro atoms. The predicted octanol–water partition coefficient (Wildman–Crippen LogP) is 2.99. The highest BCUT2D eigenvalue weighted by Crippen LogP contribution is 2.11. The van der Waals surface area contributed by atoms with Crippen LogP contribution in [0.5, 0.6) is 5.75 Å². The van der Waals surface area contributed by atoms with Crippen LogP contribution in [-0.2, 0) is 0 Å². The smallest absolute Gasteiger partial charge is 0.251 e. The van der Waals surface area contributed by atoms with Gasteiger partial charge >= 0.3 is 0 Å². The van der Waals surface area contributed by atoms with Gasteiger partial charge in [-0.15, -0.1) is 0 Å². The second kappa shape index (κ2) is 7.33. The molecule has 0 aliphatic rings. The number of benzene rings is 1. The number of hydrogen-bond donors (Lipinski definition) is 1. The Kier molecular flexibility index (Phi) is 6.05. The summed E-state index contributed by atoms with van der Waals surface area (Å²) in [5.41, 5.74) is 0.661. The monoisotopic (exact) mass is 299 g/mol. The highest BCUT2D eigenvalue weighted by molar-refractivity contribution is 9.09. The Morgan fingerprint density at radius 1 is 1.41 bits per heavy atom. The molecule has 0 bridgehead atoms. The van der Waals surface area contributed by atoms with Crippen LogP contribution >= 0.6 is 15.9 Å². The molecule has 0 saturated carbocycles. The van der Waals surface area contributed by atoms with E-state index >= 15 is 0 Å². The van der Waals surface area contributed by atoms with Crippen LogP contribution in [0.1, 0.15) is 30.1 Å². The number of methoxy groups -OCH3 is 1. The number of alkyl halides is 1. The predicted molar refractivity (Wildman–Crippen MR) is 73.0 cm³/mol. The minimum atomic E-state index is -0.0385. The van der Waals surface area contributed by atoms with Crippen molar-refractivity contribution in [1.29, 1.82) is 0 Å². The standard InChI is InChI=1S/C13H18BrNO2/c1-3-11(14)8-9-15-13(16)10-4-6-12(17-2)7-5-10/h4-7,11H,3,8-9H2,1-2H3,(H,15,16). The molecule has 1 rings (SSSR count). The van der Waals surface area contributed by atoms with Gasteiger partial charge in [0.1, 0.15) is 5.75 Å². The fourth-order valence-electron chi connectivity index (χ4n) is 1.39. The summed E-state index contributed by atoms with van der Waals surface area (Å²) in [5.74, 6) is 0.719. The molecule has 1 amide bonds. The molecule has 0 radical (unpaired) electrons. The van der Waals surface area contributed by atoms with Crippen LogP contribution in [0.25, 0.3) is 0 Å². The average Bonchev–Trinajstić information content (AvgIpc) is 2.38. The number of halogens is 1. The van der Waals surface area contributed by atoms with Gasteiger partial charge in [-0.3, -0.25) is 4.79 Å². The maximum absolute atomic E-state index is 11.7. The minimum absolute atomic E-state index is 0.0385. The summed E-state index contributed by atoms with van der Waals surface area (Å²) in [6.45, 7) is 2.80. The summed E-state index contributed by atoms with van der Waals surface area (Å²) in [6, 6.07) is 7.10. The lowest BCUT2D eigenvalue weighted by atomic mass is 10.2. The summed E-state index contributed by atoms with van der Waals surface area (Å²) in [4.78, 5) is 12.2. The van der Waals surface area contributed by atoms with Crippen molar-refractivity contribution in [2.75, 3.05) is 13.7 Å². The van der Waals surface area contributed by atoms with Gasteiger partial charge in [-0.05, 0) is 37.1 Å². The molecule has 0 aromatic heterocycles. The Hall–Kier alpha value is -1.03. The number of carbonyl (C=O) groups is 1. The molecule has 0 fully saturated rings. The van der Waals surface area contributed by atoms with Crippen LogP contribution in [-0.4, -0.2) is 24.4 Å². The quantitative estimate of drug-likeness (QED) is 0.820. The van der Waals surface area contributed by atoms with Crippen LogP contribution < -0.4 is 10.1 Å².